The van der Waals surface area contributed by atoms with Crippen molar-refractivity contribution in [3.05, 3.63) is 66.1 Å². The first-order valence-electron chi connectivity index (χ1n) is 6.61. The topological polar surface area (TPSA) is 59.1 Å². The fraction of sp³-hybridized carbons (Fsp3) is 0.0625. The van der Waals surface area contributed by atoms with Crippen molar-refractivity contribution in [1.82, 2.24) is 4.98 Å². The van der Waals surface area contributed by atoms with E-state index < -0.39 is 15.8 Å². The molecule has 0 aliphatic heterocycles. The molecule has 0 spiro atoms. The minimum atomic E-state index is -3.89. The second kappa shape index (κ2) is 5.38. The van der Waals surface area contributed by atoms with Crippen molar-refractivity contribution in [2.75, 3.05) is 4.72 Å². The summed E-state index contributed by atoms with van der Waals surface area (Å²) < 4.78 is 41.1. The molecule has 0 bridgehead atoms. The normalized spacial score (nSPS) is 11.5. The summed E-state index contributed by atoms with van der Waals surface area (Å²) in [5, 5.41) is 0.818. The van der Waals surface area contributed by atoms with Crippen LogP contribution in [-0.4, -0.2) is 13.4 Å². The Bertz CT molecular complexity index is 950. The number of pyridine rings is 1. The standard InChI is InChI=1S/C16H13FN2O2S/c1-11-13(17)7-3-9-15(11)22(20,21)19-14-8-2-5-12-6-4-10-18-16(12)14/h2-10,19H,1H3. The molecule has 0 saturated heterocycles. The SMILES string of the molecule is Cc1c(F)cccc1S(=O)(=O)Nc1cccc2cccnc12. The van der Waals surface area contributed by atoms with Crippen molar-refractivity contribution in [2.24, 2.45) is 0 Å². The maximum atomic E-state index is 13.6. The van der Waals surface area contributed by atoms with Crippen molar-refractivity contribution in [3.8, 4) is 0 Å². The average Bonchev–Trinajstić information content (AvgIpc) is 2.50. The van der Waals surface area contributed by atoms with Crippen LogP contribution in [0.3, 0.4) is 0 Å². The predicted molar refractivity (Wildman–Crippen MR) is 83.7 cm³/mol. The summed E-state index contributed by atoms with van der Waals surface area (Å²) in [5.74, 6) is -0.557. The van der Waals surface area contributed by atoms with Crippen LogP contribution in [0, 0.1) is 12.7 Å². The first-order chi connectivity index (χ1) is 10.5. The lowest BCUT2D eigenvalue weighted by atomic mass is 10.2. The van der Waals surface area contributed by atoms with Crippen molar-refractivity contribution >= 4 is 26.6 Å². The largest absolute Gasteiger partial charge is 0.277 e. The molecule has 1 aromatic heterocycles. The van der Waals surface area contributed by atoms with Crippen LogP contribution in [0.4, 0.5) is 10.1 Å². The summed E-state index contributed by atoms with van der Waals surface area (Å²) >= 11 is 0. The Hall–Kier alpha value is -2.47. The zero-order chi connectivity index (χ0) is 15.7. The van der Waals surface area contributed by atoms with Gasteiger partial charge in [-0.2, -0.15) is 0 Å². The molecular formula is C16H13FN2O2S. The van der Waals surface area contributed by atoms with Crippen LogP contribution >= 0.6 is 0 Å². The average molecular weight is 316 g/mol. The number of nitrogens with zero attached hydrogens (tertiary/aromatic N) is 1. The van der Waals surface area contributed by atoms with Gasteiger partial charge in [0, 0.05) is 17.1 Å². The summed E-state index contributed by atoms with van der Waals surface area (Å²) in [6, 6.07) is 12.8. The minimum absolute atomic E-state index is 0.0829. The van der Waals surface area contributed by atoms with Gasteiger partial charge in [-0.15, -0.1) is 0 Å². The number of fused-ring (bicyclic) bond motifs is 1. The number of nitrogens with one attached hydrogen (secondary N) is 1. The van der Waals surface area contributed by atoms with Crippen molar-refractivity contribution in [2.45, 2.75) is 11.8 Å². The van der Waals surface area contributed by atoms with Gasteiger partial charge in [-0.3, -0.25) is 9.71 Å². The third-order valence-corrected chi connectivity index (χ3v) is 4.89. The molecule has 3 aromatic rings. The van der Waals surface area contributed by atoms with Crippen LogP contribution in [0.2, 0.25) is 0 Å². The first-order valence-corrected chi connectivity index (χ1v) is 8.09. The predicted octanol–water partition coefficient (Wildman–Crippen LogP) is 3.48. The highest BCUT2D eigenvalue weighted by Crippen LogP contribution is 2.25. The number of hydrogen-bond acceptors (Lipinski definition) is 3. The van der Waals surface area contributed by atoms with E-state index >= 15 is 0 Å². The maximum absolute atomic E-state index is 13.6. The highest BCUT2D eigenvalue weighted by molar-refractivity contribution is 7.92. The van der Waals surface area contributed by atoms with E-state index in [1.165, 1.54) is 25.1 Å². The number of benzene rings is 2. The lowest BCUT2D eigenvalue weighted by Crippen LogP contribution is -2.15. The molecule has 0 atom stereocenters. The third-order valence-electron chi connectivity index (χ3n) is 3.38. The first kappa shape index (κ1) is 14.5. The highest BCUT2D eigenvalue weighted by Gasteiger charge is 2.19. The van der Waals surface area contributed by atoms with Gasteiger partial charge >= 0.3 is 0 Å². The number of halogens is 1. The molecule has 6 heteroatoms. The molecule has 0 saturated carbocycles. The Morgan fingerprint density at radius 1 is 1.05 bits per heavy atom. The van der Waals surface area contributed by atoms with Crippen LogP contribution < -0.4 is 4.72 Å². The molecule has 2 aromatic carbocycles. The maximum Gasteiger partial charge on any atom is 0.262 e. The molecule has 0 amide bonds. The van der Waals surface area contributed by atoms with Gasteiger partial charge in [0.15, 0.2) is 0 Å². The number of aromatic nitrogens is 1. The fourth-order valence-electron chi connectivity index (χ4n) is 2.27. The van der Waals surface area contributed by atoms with Gasteiger partial charge in [-0.1, -0.05) is 24.3 Å². The van der Waals surface area contributed by atoms with Gasteiger partial charge in [-0.05, 0) is 31.2 Å². The highest BCUT2D eigenvalue weighted by atomic mass is 32.2. The van der Waals surface area contributed by atoms with Crippen LogP contribution in [-0.2, 0) is 10.0 Å². The van der Waals surface area contributed by atoms with Gasteiger partial charge in [0.25, 0.3) is 10.0 Å². The summed E-state index contributed by atoms with van der Waals surface area (Å²) in [5.41, 5.74) is 0.993. The molecule has 1 heterocycles. The Kier molecular flexibility index (Phi) is 3.54. The lowest BCUT2D eigenvalue weighted by molar-refractivity contribution is 0.590. The summed E-state index contributed by atoms with van der Waals surface area (Å²) in [7, 11) is -3.89. The van der Waals surface area contributed by atoms with Crippen LogP contribution in [0.25, 0.3) is 10.9 Å². The number of hydrogen-bond donors (Lipinski definition) is 1. The Morgan fingerprint density at radius 2 is 1.77 bits per heavy atom. The third kappa shape index (κ3) is 2.53. The van der Waals surface area contributed by atoms with Gasteiger partial charge in [0.1, 0.15) is 5.82 Å². The van der Waals surface area contributed by atoms with E-state index in [1.807, 2.05) is 12.1 Å². The second-order valence-electron chi connectivity index (χ2n) is 4.85. The molecule has 0 fully saturated rings. The van der Waals surface area contributed by atoms with E-state index in [9.17, 15) is 12.8 Å². The van der Waals surface area contributed by atoms with E-state index in [-0.39, 0.29) is 10.5 Å². The lowest BCUT2D eigenvalue weighted by Gasteiger charge is -2.12. The van der Waals surface area contributed by atoms with E-state index in [4.69, 9.17) is 0 Å². The molecule has 112 valence electrons. The summed E-state index contributed by atoms with van der Waals surface area (Å²) in [6.45, 7) is 1.44. The molecule has 0 aliphatic carbocycles. The quantitative estimate of drug-likeness (QED) is 0.805. The summed E-state index contributed by atoms with van der Waals surface area (Å²) in [4.78, 5) is 4.12. The van der Waals surface area contributed by atoms with Crippen molar-refractivity contribution in [1.29, 1.82) is 0 Å². The van der Waals surface area contributed by atoms with Crippen LogP contribution in [0.15, 0.2) is 59.6 Å². The van der Waals surface area contributed by atoms with E-state index in [2.05, 4.69) is 9.71 Å². The number of anilines is 1. The molecule has 1 N–H and O–H groups in total. The minimum Gasteiger partial charge on any atom is -0.277 e. The second-order valence-corrected chi connectivity index (χ2v) is 6.50. The van der Waals surface area contributed by atoms with Gasteiger partial charge in [0.05, 0.1) is 16.1 Å². The number of para-hydroxylation sites is 1. The van der Waals surface area contributed by atoms with E-state index in [0.717, 1.165) is 5.39 Å². The van der Waals surface area contributed by atoms with Gasteiger partial charge in [-0.25, -0.2) is 12.8 Å². The Balaban J connectivity index is 2.09. The molecule has 0 radical (unpaired) electrons. The Morgan fingerprint density at radius 3 is 2.59 bits per heavy atom. The number of sulfonamides is 1. The molecule has 3 rings (SSSR count). The van der Waals surface area contributed by atoms with Gasteiger partial charge in [0.2, 0.25) is 0 Å². The molecule has 4 nitrogen and oxygen atoms in total. The monoisotopic (exact) mass is 316 g/mol. The van der Waals surface area contributed by atoms with Crippen molar-refractivity contribution in [3.63, 3.8) is 0 Å². The van der Waals surface area contributed by atoms with Crippen molar-refractivity contribution < 1.29 is 12.8 Å². The fourth-order valence-corrected chi connectivity index (χ4v) is 3.59. The molecule has 0 unspecified atom stereocenters. The molecule has 0 aliphatic rings. The van der Waals surface area contributed by atoms with Gasteiger partial charge < -0.3 is 0 Å². The zero-order valence-electron chi connectivity index (χ0n) is 11.7. The molecular weight excluding hydrogens is 303 g/mol. The van der Waals surface area contributed by atoms with E-state index in [0.29, 0.717) is 11.2 Å². The summed E-state index contributed by atoms with van der Waals surface area (Å²) in [6.07, 6.45) is 1.59. The van der Waals surface area contributed by atoms with Crippen LogP contribution in [0.5, 0.6) is 0 Å². The number of rotatable bonds is 3. The van der Waals surface area contributed by atoms with Crippen LogP contribution in [0.1, 0.15) is 5.56 Å². The molecule has 22 heavy (non-hydrogen) atoms. The zero-order valence-corrected chi connectivity index (χ0v) is 12.6. The van der Waals surface area contributed by atoms with E-state index in [1.54, 1.807) is 24.4 Å². The smallest absolute Gasteiger partial charge is 0.262 e. The Labute approximate surface area is 127 Å².